The predicted molar refractivity (Wildman–Crippen MR) is 73.9 cm³/mol. The fourth-order valence-corrected chi connectivity index (χ4v) is 1.74. The van der Waals surface area contributed by atoms with Crippen LogP contribution in [0.1, 0.15) is 31.1 Å². The molecular formula is C14H22F3N3O. The molecule has 1 rings (SSSR count). The molecule has 120 valence electrons. The van der Waals surface area contributed by atoms with Gasteiger partial charge in [0, 0.05) is 18.7 Å². The van der Waals surface area contributed by atoms with Crippen molar-refractivity contribution in [2.24, 2.45) is 5.92 Å². The quantitative estimate of drug-likeness (QED) is 0.750. The highest BCUT2D eigenvalue weighted by Gasteiger charge is 2.27. The van der Waals surface area contributed by atoms with Gasteiger partial charge in [0.2, 0.25) is 0 Å². The monoisotopic (exact) mass is 305 g/mol. The minimum absolute atomic E-state index is 0.0399. The number of hydrogen-bond acceptors (Lipinski definition) is 4. The van der Waals surface area contributed by atoms with Crippen LogP contribution in [0.3, 0.4) is 0 Å². The summed E-state index contributed by atoms with van der Waals surface area (Å²) < 4.78 is 40.4. The number of hydrogen-bond donors (Lipinski definition) is 1. The molecule has 7 heteroatoms. The Bertz CT molecular complexity index is 436. The van der Waals surface area contributed by atoms with E-state index in [2.05, 4.69) is 33.9 Å². The Kier molecular flexibility index (Phi) is 7.04. The fraction of sp³-hybridized carbons (Fsp3) is 0.714. The molecular weight excluding hydrogens is 283 g/mol. The topological polar surface area (TPSA) is 47.0 Å². The lowest BCUT2D eigenvalue weighted by molar-refractivity contribution is -0.173. The molecule has 0 unspecified atom stereocenters. The first-order valence-electron chi connectivity index (χ1n) is 6.95. The van der Waals surface area contributed by atoms with E-state index in [0.29, 0.717) is 18.3 Å². The molecule has 1 N–H and O–H groups in total. The van der Waals surface area contributed by atoms with Gasteiger partial charge in [0.25, 0.3) is 0 Å². The second kappa shape index (κ2) is 8.29. The molecule has 0 amide bonds. The fourth-order valence-electron chi connectivity index (χ4n) is 1.74. The molecule has 0 aromatic carbocycles. The standard InChI is InChI=1S/C14H22F3N3O/c1-10(2)7-18-8-12-6-11(3)19-13(20-12)4-5-21-9-14(15,16)17/h6,10,18H,4-5,7-9H2,1-3H3. The van der Waals surface area contributed by atoms with Crippen LogP contribution in [-0.4, -0.2) is 35.9 Å². The van der Waals surface area contributed by atoms with E-state index >= 15 is 0 Å². The highest BCUT2D eigenvalue weighted by Crippen LogP contribution is 2.14. The maximum atomic E-state index is 11.9. The Balaban J connectivity index is 2.45. The molecule has 1 heterocycles. The van der Waals surface area contributed by atoms with E-state index in [4.69, 9.17) is 0 Å². The molecule has 0 spiro atoms. The summed E-state index contributed by atoms with van der Waals surface area (Å²) in [6, 6.07) is 1.87. The van der Waals surface area contributed by atoms with E-state index < -0.39 is 12.8 Å². The van der Waals surface area contributed by atoms with Gasteiger partial charge in [0.15, 0.2) is 0 Å². The average molecular weight is 305 g/mol. The summed E-state index contributed by atoms with van der Waals surface area (Å²) in [5.41, 5.74) is 1.64. The van der Waals surface area contributed by atoms with Crippen molar-refractivity contribution >= 4 is 0 Å². The molecule has 21 heavy (non-hydrogen) atoms. The predicted octanol–water partition coefficient (Wildman–Crippen LogP) is 2.65. The smallest absolute Gasteiger partial charge is 0.372 e. The summed E-state index contributed by atoms with van der Waals surface area (Å²) >= 11 is 0. The minimum Gasteiger partial charge on any atom is -0.372 e. The van der Waals surface area contributed by atoms with Crippen molar-refractivity contribution in [2.45, 2.75) is 39.9 Å². The Morgan fingerprint density at radius 1 is 1.29 bits per heavy atom. The van der Waals surface area contributed by atoms with Gasteiger partial charge in [-0.1, -0.05) is 13.8 Å². The van der Waals surface area contributed by atoms with Crippen molar-refractivity contribution in [3.63, 3.8) is 0 Å². The molecule has 0 bridgehead atoms. The average Bonchev–Trinajstić information content (AvgIpc) is 2.32. The lowest BCUT2D eigenvalue weighted by Gasteiger charge is -2.10. The molecule has 0 aliphatic heterocycles. The number of nitrogens with one attached hydrogen (secondary N) is 1. The van der Waals surface area contributed by atoms with Crippen LogP contribution in [0.15, 0.2) is 6.07 Å². The SMILES string of the molecule is Cc1cc(CNCC(C)C)nc(CCOCC(F)(F)F)n1. The highest BCUT2D eigenvalue weighted by molar-refractivity contribution is 5.10. The van der Waals surface area contributed by atoms with Gasteiger partial charge in [-0.3, -0.25) is 0 Å². The molecule has 0 saturated heterocycles. The third-order valence-electron chi connectivity index (χ3n) is 2.55. The Morgan fingerprint density at radius 2 is 2.00 bits per heavy atom. The van der Waals surface area contributed by atoms with Gasteiger partial charge >= 0.3 is 6.18 Å². The van der Waals surface area contributed by atoms with Gasteiger partial charge in [-0.25, -0.2) is 9.97 Å². The Labute approximate surface area is 123 Å². The van der Waals surface area contributed by atoms with Crippen LogP contribution in [0.25, 0.3) is 0 Å². The lowest BCUT2D eigenvalue weighted by Crippen LogP contribution is -2.21. The summed E-state index contributed by atoms with van der Waals surface area (Å²) in [5, 5.41) is 3.27. The van der Waals surface area contributed by atoms with Gasteiger partial charge < -0.3 is 10.1 Å². The summed E-state index contributed by atoms with van der Waals surface area (Å²) in [7, 11) is 0. The van der Waals surface area contributed by atoms with Crippen LogP contribution in [0.4, 0.5) is 13.2 Å². The normalized spacial score (nSPS) is 12.1. The summed E-state index contributed by atoms with van der Waals surface area (Å²) in [6.45, 7) is 6.30. The van der Waals surface area contributed by atoms with E-state index in [9.17, 15) is 13.2 Å². The van der Waals surface area contributed by atoms with Crippen LogP contribution in [0.2, 0.25) is 0 Å². The molecule has 0 aliphatic rings. The van der Waals surface area contributed by atoms with Crippen LogP contribution in [0.5, 0.6) is 0 Å². The number of alkyl halides is 3. The first kappa shape index (κ1) is 17.8. The van der Waals surface area contributed by atoms with Gasteiger partial charge in [0.05, 0.1) is 12.3 Å². The number of nitrogens with zero attached hydrogens (tertiary/aromatic N) is 2. The van der Waals surface area contributed by atoms with Gasteiger partial charge in [-0.05, 0) is 25.5 Å². The van der Waals surface area contributed by atoms with Gasteiger partial charge in [0.1, 0.15) is 12.4 Å². The zero-order valence-corrected chi connectivity index (χ0v) is 12.6. The molecule has 1 aromatic rings. The second-order valence-electron chi connectivity index (χ2n) is 5.36. The maximum Gasteiger partial charge on any atom is 0.411 e. The zero-order valence-electron chi connectivity index (χ0n) is 12.6. The number of aryl methyl sites for hydroxylation is 1. The number of rotatable bonds is 8. The van der Waals surface area contributed by atoms with E-state index in [1.807, 2.05) is 13.0 Å². The number of halogens is 3. The van der Waals surface area contributed by atoms with E-state index in [1.165, 1.54) is 0 Å². The van der Waals surface area contributed by atoms with Crippen LogP contribution in [-0.2, 0) is 17.7 Å². The minimum atomic E-state index is -4.29. The molecule has 0 aliphatic carbocycles. The Morgan fingerprint density at radius 3 is 2.62 bits per heavy atom. The number of ether oxygens (including phenoxy) is 1. The molecule has 1 aromatic heterocycles. The molecule has 0 atom stereocenters. The van der Waals surface area contributed by atoms with Crippen molar-refractivity contribution in [1.29, 1.82) is 0 Å². The van der Waals surface area contributed by atoms with Crippen molar-refractivity contribution in [1.82, 2.24) is 15.3 Å². The first-order valence-corrected chi connectivity index (χ1v) is 6.95. The third kappa shape index (κ3) is 8.62. The summed E-state index contributed by atoms with van der Waals surface area (Å²) in [6.07, 6.45) is -4.02. The third-order valence-corrected chi connectivity index (χ3v) is 2.55. The number of aromatic nitrogens is 2. The molecule has 0 fully saturated rings. The van der Waals surface area contributed by atoms with E-state index in [0.717, 1.165) is 17.9 Å². The van der Waals surface area contributed by atoms with Crippen LogP contribution < -0.4 is 5.32 Å². The molecule has 0 radical (unpaired) electrons. The second-order valence-corrected chi connectivity index (χ2v) is 5.36. The molecule has 0 saturated carbocycles. The van der Waals surface area contributed by atoms with E-state index in [-0.39, 0.29) is 13.0 Å². The van der Waals surface area contributed by atoms with Crippen LogP contribution >= 0.6 is 0 Å². The van der Waals surface area contributed by atoms with E-state index in [1.54, 1.807) is 0 Å². The summed E-state index contributed by atoms with van der Waals surface area (Å²) in [5.74, 6) is 1.06. The highest BCUT2D eigenvalue weighted by atomic mass is 19.4. The van der Waals surface area contributed by atoms with Crippen molar-refractivity contribution in [3.05, 3.63) is 23.3 Å². The van der Waals surface area contributed by atoms with Crippen molar-refractivity contribution in [2.75, 3.05) is 19.8 Å². The summed E-state index contributed by atoms with van der Waals surface area (Å²) in [4.78, 5) is 8.54. The largest absolute Gasteiger partial charge is 0.411 e. The van der Waals surface area contributed by atoms with Crippen molar-refractivity contribution in [3.8, 4) is 0 Å². The lowest BCUT2D eigenvalue weighted by atomic mass is 10.2. The zero-order chi connectivity index (χ0) is 15.9. The maximum absolute atomic E-state index is 11.9. The van der Waals surface area contributed by atoms with Crippen molar-refractivity contribution < 1.29 is 17.9 Å². The first-order chi connectivity index (χ1) is 9.76. The van der Waals surface area contributed by atoms with Gasteiger partial charge in [-0.2, -0.15) is 13.2 Å². The van der Waals surface area contributed by atoms with Crippen LogP contribution in [0, 0.1) is 12.8 Å². The molecule has 4 nitrogen and oxygen atoms in total. The van der Waals surface area contributed by atoms with Gasteiger partial charge in [-0.15, -0.1) is 0 Å². The Hall–Kier alpha value is -1.21.